The van der Waals surface area contributed by atoms with Crippen LogP contribution in [0, 0.1) is 0 Å². The smallest absolute Gasteiger partial charge is 0.238 e. The minimum absolute atomic E-state index is 0.149. The Hall–Kier alpha value is -1.95. The first-order valence-electron chi connectivity index (χ1n) is 7.50. The van der Waals surface area contributed by atoms with Gasteiger partial charge in [0.1, 0.15) is 0 Å². The second-order valence-corrected chi connectivity index (χ2v) is 7.08. The SMILES string of the molecule is CC(=Cc1ccccc1)CNCCc1ccc(S(N)(=O)=O)cc1. The fraction of sp³-hybridized carbons (Fsp3) is 0.222. The summed E-state index contributed by atoms with van der Waals surface area (Å²) in [4.78, 5) is 0.149. The quantitative estimate of drug-likeness (QED) is 0.766. The molecule has 4 nitrogen and oxygen atoms in total. The number of sulfonamides is 1. The van der Waals surface area contributed by atoms with E-state index in [4.69, 9.17) is 5.14 Å². The highest BCUT2D eigenvalue weighted by atomic mass is 32.2. The van der Waals surface area contributed by atoms with Gasteiger partial charge >= 0.3 is 0 Å². The van der Waals surface area contributed by atoms with Crippen LogP contribution in [0.5, 0.6) is 0 Å². The third-order valence-corrected chi connectivity index (χ3v) is 4.39. The van der Waals surface area contributed by atoms with Crippen molar-refractivity contribution in [3.05, 3.63) is 71.3 Å². The molecule has 2 aromatic rings. The fourth-order valence-corrected chi connectivity index (χ4v) is 2.76. The van der Waals surface area contributed by atoms with Crippen molar-refractivity contribution < 1.29 is 8.42 Å². The molecular weight excluding hydrogens is 308 g/mol. The molecule has 0 aliphatic rings. The van der Waals surface area contributed by atoms with E-state index in [1.54, 1.807) is 24.3 Å². The first-order valence-corrected chi connectivity index (χ1v) is 9.04. The number of nitrogens with one attached hydrogen (secondary N) is 1. The number of rotatable bonds is 7. The maximum atomic E-state index is 11.2. The maximum absolute atomic E-state index is 11.2. The molecule has 5 heteroatoms. The van der Waals surface area contributed by atoms with E-state index < -0.39 is 10.0 Å². The van der Waals surface area contributed by atoms with Gasteiger partial charge in [0.2, 0.25) is 10.0 Å². The Kier molecular flexibility index (Phi) is 6.10. The minimum Gasteiger partial charge on any atom is -0.313 e. The van der Waals surface area contributed by atoms with E-state index in [1.165, 1.54) is 11.1 Å². The van der Waals surface area contributed by atoms with Gasteiger partial charge in [0, 0.05) is 6.54 Å². The summed E-state index contributed by atoms with van der Waals surface area (Å²) in [6.45, 7) is 3.75. The van der Waals surface area contributed by atoms with Gasteiger partial charge in [-0.2, -0.15) is 0 Å². The van der Waals surface area contributed by atoms with Crippen molar-refractivity contribution in [2.75, 3.05) is 13.1 Å². The molecule has 23 heavy (non-hydrogen) atoms. The number of hydrogen-bond acceptors (Lipinski definition) is 3. The zero-order chi connectivity index (χ0) is 16.7. The number of hydrogen-bond donors (Lipinski definition) is 2. The highest BCUT2D eigenvalue weighted by molar-refractivity contribution is 7.89. The zero-order valence-electron chi connectivity index (χ0n) is 13.2. The second-order valence-electron chi connectivity index (χ2n) is 5.52. The third kappa shape index (κ3) is 5.98. The topological polar surface area (TPSA) is 72.2 Å². The molecule has 0 bridgehead atoms. The van der Waals surface area contributed by atoms with Crippen LogP contribution >= 0.6 is 0 Å². The van der Waals surface area contributed by atoms with Crippen LogP contribution in [0.3, 0.4) is 0 Å². The molecule has 0 aromatic heterocycles. The largest absolute Gasteiger partial charge is 0.313 e. The summed E-state index contributed by atoms with van der Waals surface area (Å²) in [6.07, 6.45) is 3.00. The van der Waals surface area contributed by atoms with Crippen molar-refractivity contribution in [1.82, 2.24) is 5.32 Å². The third-order valence-electron chi connectivity index (χ3n) is 3.46. The van der Waals surface area contributed by atoms with Crippen LogP contribution < -0.4 is 10.5 Å². The van der Waals surface area contributed by atoms with Crippen LogP contribution in [-0.2, 0) is 16.4 Å². The molecule has 0 amide bonds. The van der Waals surface area contributed by atoms with Crippen molar-refractivity contribution >= 4 is 16.1 Å². The van der Waals surface area contributed by atoms with E-state index in [1.807, 2.05) is 18.2 Å². The number of primary sulfonamides is 1. The summed E-state index contributed by atoms with van der Waals surface area (Å²) >= 11 is 0. The zero-order valence-corrected chi connectivity index (χ0v) is 14.0. The van der Waals surface area contributed by atoms with Gasteiger partial charge in [0.05, 0.1) is 4.90 Å². The van der Waals surface area contributed by atoms with Crippen LogP contribution in [0.1, 0.15) is 18.1 Å². The van der Waals surface area contributed by atoms with Crippen molar-refractivity contribution in [2.24, 2.45) is 5.14 Å². The average molecular weight is 330 g/mol. The van der Waals surface area contributed by atoms with E-state index in [0.29, 0.717) is 0 Å². The van der Waals surface area contributed by atoms with E-state index in [9.17, 15) is 8.42 Å². The van der Waals surface area contributed by atoms with Crippen molar-refractivity contribution in [2.45, 2.75) is 18.2 Å². The molecule has 122 valence electrons. The highest BCUT2D eigenvalue weighted by Crippen LogP contribution is 2.09. The van der Waals surface area contributed by atoms with Gasteiger partial charge in [0.15, 0.2) is 0 Å². The lowest BCUT2D eigenvalue weighted by atomic mass is 10.1. The van der Waals surface area contributed by atoms with Crippen LogP contribution in [0.4, 0.5) is 0 Å². The van der Waals surface area contributed by atoms with Crippen molar-refractivity contribution in [3.8, 4) is 0 Å². The Balaban J connectivity index is 1.78. The monoisotopic (exact) mass is 330 g/mol. The van der Waals surface area contributed by atoms with Crippen LogP contribution in [0.15, 0.2) is 65.1 Å². The Morgan fingerprint density at radius 1 is 1.09 bits per heavy atom. The Morgan fingerprint density at radius 2 is 1.74 bits per heavy atom. The lowest BCUT2D eigenvalue weighted by Crippen LogP contribution is -2.19. The number of benzene rings is 2. The lowest BCUT2D eigenvalue weighted by molar-refractivity contribution is 0.597. The summed E-state index contributed by atoms with van der Waals surface area (Å²) in [7, 11) is -3.61. The molecule has 0 heterocycles. The van der Waals surface area contributed by atoms with Gasteiger partial charge in [-0.05, 0) is 43.1 Å². The molecule has 0 saturated heterocycles. The molecule has 0 aliphatic carbocycles. The van der Waals surface area contributed by atoms with Gasteiger partial charge in [-0.1, -0.05) is 54.1 Å². The van der Waals surface area contributed by atoms with Gasteiger partial charge in [-0.25, -0.2) is 13.6 Å². The van der Waals surface area contributed by atoms with Crippen LogP contribution in [-0.4, -0.2) is 21.5 Å². The summed E-state index contributed by atoms with van der Waals surface area (Å²) in [6, 6.07) is 16.9. The standard InChI is InChI=1S/C18H22N2O2S/c1-15(13-17-5-3-2-4-6-17)14-20-12-11-16-7-9-18(10-8-16)23(19,21)22/h2-10,13,20H,11-12,14H2,1H3,(H2,19,21,22). The van der Waals surface area contributed by atoms with Crippen LogP contribution in [0.2, 0.25) is 0 Å². The van der Waals surface area contributed by atoms with E-state index in [2.05, 4.69) is 30.4 Å². The first-order chi connectivity index (χ1) is 10.9. The predicted molar refractivity (Wildman–Crippen MR) is 94.5 cm³/mol. The molecule has 0 aliphatic heterocycles. The highest BCUT2D eigenvalue weighted by Gasteiger charge is 2.06. The van der Waals surface area contributed by atoms with E-state index >= 15 is 0 Å². The maximum Gasteiger partial charge on any atom is 0.238 e. The molecule has 0 spiro atoms. The molecule has 2 aromatic carbocycles. The lowest BCUT2D eigenvalue weighted by Gasteiger charge is -2.06. The summed E-state index contributed by atoms with van der Waals surface area (Å²) in [5.41, 5.74) is 3.54. The molecule has 2 rings (SSSR count). The summed E-state index contributed by atoms with van der Waals surface area (Å²) in [5.74, 6) is 0. The molecule has 0 fully saturated rings. The second kappa shape index (κ2) is 8.06. The minimum atomic E-state index is -3.61. The van der Waals surface area contributed by atoms with E-state index in [0.717, 1.165) is 25.1 Å². The van der Waals surface area contributed by atoms with Crippen molar-refractivity contribution in [1.29, 1.82) is 0 Å². The van der Waals surface area contributed by atoms with E-state index in [-0.39, 0.29) is 4.90 Å². The predicted octanol–water partition coefficient (Wildman–Crippen LogP) is 2.57. The molecule has 3 N–H and O–H groups in total. The normalized spacial score (nSPS) is 12.3. The number of nitrogens with two attached hydrogens (primary N) is 1. The Morgan fingerprint density at radius 3 is 2.35 bits per heavy atom. The van der Waals surface area contributed by atoms with Crippen LogP contribution in [0.25, 0.3) is 6.08 Å². The average Bonchev–Trinajstić information content (AvgIpc) is 2.52. The van der Waals surface area contributed by atoms with Gasteiger partial charge in [0.25, 0.3) is 0 Å². The molecule has 0 unspecified atom stereocenters. The summed E-state index contributed by atoms with van der Waals surface area (Å²) in [5, 5.41) is 8.47. The van der Waals surface area contributed by atoms with Gasteiger partial charge in [-0.15, -0.1) is 0 Å². The van der Waals surface area contributed by atoms with Crippen molar-refractivity contribution in [3.63, 3.8) is 0 Å². The molecular formula is C18H22N2O2S. The first kappa shape index (κ1) is 17.4. The molecule has 0 radical (unpaired) electrons. The van der Waals surface area contributed by atoms with Gasteiger partial charge in [-0.3, -0.25) is 0 Å². The molecule has 0 saturated carbocycles. The Labute approximate surface area is 138 Å². The molecule has 0 atom stereocenters. The summed E-state index contributed by atoms with van der Waals surface area (Å²) < 4.78 is 22.4. The fourth-order valence-electron chi connectivity index (χ4n) is 2.25. The Bertz CT molecular complexity index is 751. The van der Waals surface area contributed by atoms with Gasteiger partial charge < -0.3 is 5.32 Å².